The SMILES string of the molecule is CN1CCNCC1c1noc(C2CCCCN2S(=O)(=O)c2ccccc2)n1. The van der Waals surface area contributed by atoms with Gasteiger partial charge in [0.15, 0.2) is 5.82 Å². The highest BCUT2D eigenvalue weighted by atomic mass is 32.2. The number of hydrogen-bond donors (Lipinski definition) is 1. The Morgan fingerprint density at radius 1 is 1.15 bits per heavy atom. The summed E-state index contributed by atoms with van der Waals surface area (Å²) in [5, 5.41) is 7.50. The second-order valence-electron chi connectivity index (χ2n) is 7.13. The van der Waals surface area contributed by atoms with E-state index in [1.54, 1.807) is 24.3 Å². The average molecular weight is 391 g/mol. The van der Waals surface area contributed by atoms with E-state index < -0.39 is 16.1 Å². The van der Waals surface area contributed by atoms with Gasteiger partial charge in [-0.25, -0.2) is 8.42 Å². The zero-order chi connectivity index (χ0) is 18.9. The van der Waals surface area contributed by atoms with Crippen LogP contribution in [0.4, 0.5) is 0 Å². The maximum Gasteiger partial charge on any atom is 0.245 e. The minimum absolute atomic E-state index is 0.0408. The predicted molar refractivity (Wildman–Crippen MR) is 99.5 cm³/mol. The molecule has 0 spiro atoms. The van der Waals surface area contributed by atoms with Crippen LogP contribution in [0.2, 0.25) is 0 Å². The highest BCUT2D eigenvalue weighted by Crippen LogP contribution is 2.35. The van der Waals surface area contributed by atoms with E-state index in [1.165, 1.54) is 4.31 Å². The van der Waals surface area contributed by atoms with Crippen molar-refractivity contribution in [2.75, 3.05) is 33.2 Å². The molecule has 3 heterocycles. The molecule has 1 N–H and O–H groups in total. The number of likely N-dealkylation sites (N-methyl/N-ethyl adjacent to an activating group) is 1. The van der Waals surface area contributed by atoms with Gasteiger partial charge in [0.25, 0.3) is 0 Å². The third kappa shape index (κ3) is 3.64. The van der Waals surface area contributed by atoms with Crippen LogP contribution in [0.25, 0.3) is 0 Å². The number of rotatable bonds is 4. The van der Waals surface area contributed by atoms with Gasteiger partial charge < -0.3 is 9.84 Å². The molecule has 2 aliphatic rings. The molecule has 0 radical (unpaired) electrons. The molecule has 146 valence electrons. The minimum atomic E-state index is -3.60. The van der Waals surface area contributed by atoms with Crippen molar-refractivity contribution in [3.63, 3.8) is 0 Å². The molecule has 27 heavy (non-hydrogen) atoms. The summed E-state index contributed by atoms with van der Waals surface area (Å²) in [7, 11) is -1.57. The molecule has 1 aromatic heterocycles. The summed E-state index contributed by atoms with van der Waals surface area (Å²) in [4.78, 5) is 7.08. The lowest BCUT2D eigenvalue weighted by atomic mass is 10.1. The van der Waals surface area contributed by atoms with Gasteiger partial charge in [0.1, 0.15) is 6.04 Å². The number of piperazine rings is 1. The summed E-state index contributed by atoms with van der Waals surface area (Å²) in [5.41, 5.74) is 0. The summed E-state index contributed by atoms with van der Waals surface area (Å²) >= 11 is 0. The number of hydrogen-bond acceptors (Lipinski definition) is 7. The molecule has 2 aromatic rings. The van der Waals surface area contributed by atoms with Gasteiger partial charge in [-0.1, -0.05) is 29.8 Å². The molecule has 2 atom stereocenters. The van der Waals surface area contributed by atoms with Crippen molar-refractivity contribution in [3.8, 4) is 0 Å². The Morgan fingerprint density at radius 2 is 1.96 bits per heavy atom. The molecular weight excluding hydrogens is 366 g/mol. The van der Waals surface area contributed by atoms with Crippen LogP contribution in [0, 0.1) is 0 Å². The zero-order valence-electron chi connectivity index (χ0n) is 15.4. The number of piperidine rings is 1. The van der Waals surface area contributed by atoms with Gasteiger partial charge in [-0.15, -0.1) is 0 Å². The smallest absolute Gasteiger partial charge is 0.245 e. The molecule has 1 aromatic carbocycles. The van der Waals surface area contributed by atoms with Crippen LogP contribution in [0.5, 0.6) is 0 Å². The molecule has 0 bridgehead atoms. The van der Waals surface area contributed by atoms with E-state index in [-0.39, 0.29) is 6.04 Å². The maximum atomic E-state index is 13.1. The topological polar surface area (TPSA) is 91.6 Å². The largest absolute Gasteiger partial charge is 0.337 e. The first-order chi connectivity index (χ1) is 13.1. The van der Waals surface area contributed by atoms with Crippen LogP contribution in [-0.2, 0) is 10.0 Å². The Labute approximate surface area is 159 Å². The van der Waals surface area contributed by atoms with Crippen molar-refractivity contribution in [2.24, 2.45) is 0 Å². The molecular formula is C18H25N5O3S. The number of nitrogens with zero attached hydrogens (tertiary/aromatic N) is 4. The fourth-order valence-corrected chi connectivity index (χ4v) is 5.45. The van der Waals surface area contributed by atoms with E-state index in [4.69, 9.17) is 4.52 Å². The molecule has 2 unspecified atom stereocenters. The molecule has 2 fully saturated rings. The van der Waals surface area contributed by atoms with Crippen molar-refractivity contribution in [1.82, 2.24) is 24.7 Å². The number of aromatic nitrogens is 2. The van der Waals surface area contributed by atoms with Gasteiger partial charge in [0.2, 0.25) is 15.9 Å². The lowest BCUT2D eigenvalue weighted by Crippen LogP contribution is -2.44. The third-order valence-corrected chi connectivity index (χ3v) is 7.28. The van der Waals surface area contributed by atoms with Crippen molar-refractivity contribution in [1.29, 1.82) is 0 Å². The van der Waals surface area contributed by atoms with Gasteiger partial charge in [-0.3, -0.25) is 4.90 Å². The van der Waals surface area contributed by atoms with Crippen molar-refractivity contribution >= 4 is 10.0 Å². The van der Waals surface area contributed by atoms with E-state index in [0.717, 1.165) is 32.5 Å². The number of sulfonamides is 1. The van der Waals surface area contributed by atoms with Gasteiger partial charge >= 0.3 is 0 Å². The quantitative estimate of drug-likeness (QED) is 0.846. The Morgan fingerprint density at radius 3 is 2.74 bits per heavy atom. The Kier molecular flexibility index (Phi) is 5.27. The molecule has 2 saturated heterocycles. The summed E-state index contributed by atoms with van der Waals surface area (Å²) in [6.07, 6.45) is 2.46. The van der Waals surface area contributed by atoms with E-state index in [9.17, 15) is 8.42 Å². The van der Waals surface area contributed by atoms with E-state index >= 15 is 0 Å². The molecule has 0 saturated carbocycles. The first kappa shape index (κ1) is 18.5. The van der Waals surface area contributed by atoms with Gasteiger partial charge in [0, 0.05) is 26.2 Å². The molecule has 0 amide bonds. The van der Waals surface area contributed by atoms with Crippen LogP contribution in [0.15, 0.2) is 39.8 Å². The van der Waals surface area contributed by atoms with E-state index in [2.05, 4.69) is 20.4 Å². The summed E-state index contributed by atoms with van der Waals surface area (Å²) in [6.45, 7) is 3.06. The minimum Gasteiger partial charge on any atom is -0.337 e. The van der Waals surface area contributed by atoms with Gasteiger partial charge in [-0.2, -0.15) is 9.29 Å². The Balaban J connectivity index is 1.62. The summed E-state index contributed by atoms with van der Waals surface area (Å²) in [6, 6.07) is 8.17. The lowest BCUT2D eigenvalue weighted by molar-refractivity contribution is 0.187. The van der Waals surface area contributed by atoms with Crippen LogP contribution >= 0.6 is 0 Å². The van der Waals surface area contributed by atoms with Crippen molar-refractivity contribution < 1.29 is 12.9 Å². The predicted octanol–water partition coefficient (Wildman–Crippen LogP) is 1.56. The molecule has 8 nitrogen and oxygen atoms in total. The van der Waals surface area contributed by atoms with Crippen LogP contribution in [0.1, 0.15) is 43.1 Å². The van der Waals surface area contributed by atoms with E-state index in [0.29, 0.717) is 29.6 Å². The Hall–Kier alpha value is -1.81. The van der Waals surface area contributed by atoms with E-state index in [1.807, 2.05) is 13.1 Å². The van der Waals surface area contributed by atoms with Crippen molar-refractivity contribution in [2.45, 2.75) is 36.2 Å². The fraction of sp³-hybridized carbons (Fsp3) is 0.556. The van der Waals surface area contributed by atoms with Crippen LogP contribution in [0.3, 0.4) is 0 Å². The second-order valence-corrected chi connectivity index (χ2v) is 9.02. The number of nitrogens with one attached hydrogen (secondary N) is 1. The van der Waals surface area contributed by atoms with Gasteiger partial charge in [0.05, 0.1) is 10.9 Å². The molecule has 2 aliphatic heterocycles. The summed E-state index contributed by atoms with van der Waals surface area (Å²) < 4.78 is 33.4. The third-order valence-electron chi connectivity index (χ3n) is 5.36. The first-order valence-corrected chi connectivity index (χ1v) is 10.8. The Bertz CT molecular complexity index is 870. The molecule has 9 heteroatoms. The zero-order valence-corrected chi connectivity index (χ0v) is 16.2. The highest BCUT2D eigenvalue weighted by Gasteiger charge is 2.38. The highest BCUT2D eigenvalue weighted by molar-refractivity contribution is 7.89. The fourth-order valence-electron chi connectivity index (χ4n) is 3.78. The average Bonchev–Trinajstić information content (AvgIpc) is 3.19. The second kappa shape index (κ2) is 7.67. The standard InChI is InChI=1S/C18H25N5O3S/c1-22-12-10-19-13-16(22)17-20-18(26-21-17)15-9-5-6-11-23(15)27(24,25)14-7-3-2-4-8-14/h2-4,7-8,15-16,19H,5-6,9-13H2,1H3. The summed E-state index contributed by atoms with van der Waals surface area (Å²) in [5.74, 6) is 1.01. The maximum absolute atomic E-state index is 13.1. The first-order valence-electron chi connectivity index (χ1n) is 9.39. The normalized spacial score (nSPS) is 25.5. The monoisotopic (exact) mass is 391 g/mol. The van der Waals surface area contributed by atoms with Crippen LogP contribution < -0.4 is 5.32 Å². The van der Waals surface area contributed by atoms with Crippen LogP contribution in [-0.4, -0.2) is 61.0 Å². The molecule has 4 rings (SSSR count). The molecule has 0 aliphatic carbocycles. The lowest BCUT2D eigenvalue weighted by Gasteiger charge is -2.32. The number of benzene rings is 1. The van der Waals surface area contributed by atoms with Gasteiger partial charge in [-0.05, 0) is 32.0 Å². The van der Waals surface area contributed by atoms with Crippen molar-refractivity contribution in [3.05, 3.63) is 42.0 Å².